The molecule has 0 fully saturated rings. The normalized spacial score (nSPS) is 11.0. The Morgan fingerprint density at radius 1 is 1.50 bits per heavy atom. The van der Waals surface area contributed by atoms with Gasteiger partial charge in [-0.05, 0) is 26.0 Å². The lowest BCUT2D eigenvalue weighted by Crippen LogP contribution is -2.44. The quantitative estimate of drug-likeness (QED) is 0.746. The molecule has 0 radical (unpaired) electrons. The molecule has 0 aliphatic rings. The van der Waals surface area contributed by atoms with Gasteiger partial charge in [0, 0.05) is 13.1 Å². The zero-order valence-corrected chi connectivity index (χ0v) is 14.9. The average molecular weight is 345 g/mol. The first-order valence-corrected chi connectivity index (χ1v) is 8.23. The van der Waals surface area contributed by atoms with Gasteiger partial charge in [-0.3, -0.25) is 9.36 Å². The van der Waals surface area contributed by atoms with Gasteiger partial charge in [-0.25, -0.2) is 0 Å². The van der Waals surface area contributed by atoms with Crippen molar-refractivity contribution in [3.8, 4) is 17.5 Å². The molecule has 8 heteroatoms. The Kier molecular flexibility index (Phi) is 5.46. The number of aromatic nitrogens is 3. The molecule has 0 aliphatic carbocycles. The third kappa shape index (κ3) is 3.86. The number of benzene rings is 1. The Morgan fingerprint density at radius 3 is 2.92 bits per heavy atom. The van der Waals surface area contributed by atoms with E-state index in [1.165, 1.54) is 16.7 Å². The van der Waals surface area contributed by atoms with Crippen molar-refractivity contribution in [2.24, 2.45) is 0 Å². The number of methoxy groups -OCH3 is 1. The summed E-state index contributed by atoms with van der Waals surface area (Å²) in [5, 5.41) is 17.7. The van der Waals surface area contributed by atoms with E-state index in [9.17, 15) is 4.79 Å². The van der Waals surface area contributed by atoms with E-state index < -0.39 is 5.54 Å². The highest BCUT2D eigenvalue weighted by molar-refractivity contribution is 7.99. The maximum absolute atomic E-state index is 12.3. The van der Waals surface area contributed by atoms with Crippen molar-refractivity contribution in [1.29, 1.82) is 5.26 Å². The number of carbonyl (C=O) groups excluding carboxylic acids is 1. The lowest BCUT2D eigenvalue weighted by atomic mass is 10.1. The predicted octanol–water partition coefficient (Wildman–Crippen LogP) is 2.13. The second kappa shape index (κ2) is 7.36. The summed E-state index contributed by atoms with van der Waals surface area (Å²) < 4.78 is 7.01. The molecular formula is C16H19N5O2S. The highest BCUT2D eigenvalue weighted by Crippen LogP contribution is 2.23. The van der Waals surface area contributed by atoms with Gasteiger partial charge in [-0.2, -0.15) is 5.26 Å². The molecule has 7 nitrogen and oxygen atoms in total. The molecule has 0 unspecified atom stereocenters. The van der Waals surface area contributed by atoms with Gasteiger partial charge in [0.25, 0.3) is 0 Å². The first-order valence-electron chi connectivity index (χ1n) is 7.24. The molecular weight excluding hydrogens is 326 g/mol. The molecule has 0 aliphatic heterocycles. The summed E-state index contributed by atoms with van der Waals surface area (Å²) in [5.74, 6) is 0.750. The molecule has 0 N–H and O–H groups in total. The van der Waals surface area contributed by atoms with Crippen LogP contribution in [0.15, 0.2) is 35.7 Å². The van der Waals surface area contributed by atoms with Crippen LogP contribution in [0.25, 0.3) is 5.69 Å². The Morgan fingerprint density at radius 2 is 2.25 bits per heavy atom. The fraction of sp³-hybridized carbons (Fsp3) is 0.375. The van der Waals surface area contributed by atoms with Crippen molar-refractivity contribution in [2.45, 2.75) is 24.5 Å². The van der Waals surface area contributed by atoms with Gasteiger partial charge >= 0.3 is 0 Å². The van der Waals surface area contributed by atoms with Gasteiger partial charge < -0.3 is 9.64 Å². The van der Waals surface area contributed by atoms with E-state index in [0.717, 1.165) is 11.4 Å². The van der Waals surface area contributed by atoms with Crippen LogP contribution in [0.3, 0.4) is 0 Å². The van der Waals surface area contributed by atoms with E-state index in [0.29, 0.717) is 5.16 Å². The standard InChI is InChI=1S/C16H19N5O2S/c1-16(2,10-17)20(3)14(22)9-24-15-19-18-11-21(15)12-6-5-7-13(8-12)23-4/h5-8,11H,9H2,1-4H3. The number of nitriles is 1. The predicted molar refractivity (Wildman–Crippen MR) is 91.1 cm³/mol. The summed E-state index contributed by atoms with van der Waals surface area (Å²) in [6, 6.07) is 9.60. The van der Waals surface area contributed by atoms with Crippen molar-refractivity contribution in [3.63, 3.8) is 0 Å². The maximum Gasteiger partial charge on any atom is 0.234 e. The molecule has 2 aromatic rings. The van der Waals surface area contributed by atoms with E-state index in [-0.39, 0.29) is 11.7 Å². The van der Waals surface area contributed by atoms with E-state index in [2.05, 4.69) is 16.3 Å². The molecule has 24 heavy (non-hydrogen) atoms. The van der Waals surface area contributed by atoms with E-state index in [1.54, 1.807) is 38.9 Å². The molecule has 1 amide bonds. The van der Waals surface area contributed by atoms with Crippen molar-refractivity contribution in [3.05, 3.63) is 30.6 Å². The van der Waals surface area contributed by atoms with Gasteiger partial charge in [0.15, 0.2) is 5.16 Å². The molecule has 1 heterocycles. The van der Waals surface area contributed by atoms with Gasteiger partial charge in [-0.1, -0.05) is 17.8 Å². The Bertz CT molecular complexity index is 766. The second-order valence-corrected chi connectivity index (χ2v) is 6.54. The molecule has 126 valence electrons. The summed E-state index contributed by atoms with van der Waals surface area (Å²) >= 11 is 1.27. The SMILES string of the molecule is COc1cccc(-n2cnnc2SCC(=O)N(C)C(C)(C)C#N)c1. The molecule has 0 bridgehead atoms. The highest BCUT2D eigenvalue weighted by Gasteiger charge is 2.27. The summed E-state index contributed by atoms with van der Waals surface area (Å²) in [7, 11) is 3.23. The number of rotatable bonds is 6. The van der Waals surface area contributed by atoms with Crippen molar-refractivity contribution in [1.82, 2.24) is 19.7 Å². The van der Waals surface area contributed by atoms with Crippen LogP contribution in [-0.2, 0) is 4.79 Å². The number of hydrogen-bond donors (Lipinski definition) is 0. The molecule has 0 spiro atoms. The fourth-order valence-corrected chi connectivity index (χ4v) is 2.71. The maximum atomic E-state index is 12.3. The summed E-state index contributed by atoms with van der Waals surface area (Å²) in [5.41, 5.74) is -0.00187. The largest absolute Gasteiger partial charge is 0.497 e. The molecule has 2 rings (SSSR count). The van der Waals surface area contributed by atoms with E-state index in [1.807, 2.05) is 24.3 Å². The van der Waals surface area contributed by atoms with Crippen LogP contribution in [0.2, 0.25) is 0 Å². The smallest absolute Gasteiger partial charge is 0.234 e. The minimum absolute atomic E-state index is 0.147. The fourth-order valence-electron chi connectivity index (χ4n) is 1.87. The molecule has 0 saturated carbocycles. The first kappa shape index (κ1) is 17.8. The van der Waals surface area contributed by atoms with Crippen molar-refractivity contribution in [2.75, 3.05) is 19.9 Å². The number of thioether (sulfide) groups is 1. The number of hydrogen-bond acceptors (Lipinski definition) is 6. The summed E-state index contributed by atoms with van der Waals surface area (Å²) in [6.07, 6.45) is 1.59. The highest BCUT2D eigenvalue weighted by atomic mass is 32.2. The summed E-state index contributed by atoms with van der Waals surface area (Å²) in [6.45, 7) is 3.41. The lowest BCUT2D eigenvalue weighted by molar-refractivity contribution is -0.130. The monoisotopic (exact) mass is 345 g/mol. The number of ether oxygens (including phenoxy) is 1. The average Bonchev–Trinajstić information content (AvgIpc) is 3.07. The second-order valence-electron chi connectivity index (χ2n) is 5.60. The van der Waals surface area contributed by atoms with Gasteiger partial charge in [0.2, 0.25) is 5.91 Å². The third-order valence-corrected chi connectivity index (χ3v) is 4.59. The zero-order valence-electron chi connectivity index (χ0n) is 14.1. The van der Waals surface area contributed by atoms with Crippen LogP contribution < -0.4 is 4.74 Å². The molecule has 1 aromatic heterocycles. The van der Waals surface area contributed by atoms with Gasteiger partial charge in [0.1, 0.15) is 17.6 Å². The van der Waals surface area contributed by atoms with Crippen LogP contribution >= 0.6 is 11.8 Å². The lowest BCUT2D eigenvalue weighted by Gasteiger charge is -2.28. The van der Waals surface area contributed by atoms with Gasteiger partial charge in [0.05, 0.1) is 24.6 Å². The van der Waals surface area contributed by atoms with Crippen LogP contribution in [0.4, 0.5) is 0 Å². The minimum atomic E-state index is -0.849. The zero-order chi connectivity index (χ0) is 17.7. The number of amides is 1. The first-order chi connectivity index (χ1) is 11.4. The summed E-state index contributed by atoms with van der Waals surface area (Å²) in [4.78, 5) is 13.7. The number of nitrogens with zero attached hydrogens (tertiary/aromatic N) is 5. The Balaban J connectivity index is 2.12. The topological polar surface area (TPSA) is 84.0 Å². The third-order valence-electron chi connectivity index (χ3n) is 3.66. The van der Waals surface area contributed by atoms with Gasteiger partial charge in [-0.15, -0.1) is 10.2 Å². The Labute approximate surface area is 145 Å². The van der Waals surface area contributed by atoms with Crippen molar-refractivity contribution >= 4 is 17.7 Å². The van der Waals surface area contributed by atoms with Crippen LogP contribution in [-0.4, -0.2) is 51.0 Å². The van der Waals surface area contributed by atoms with Crippen LogP contribution in [0, 0.1) is 11.3 Å². The van der Waals surface area contributed by atoms with Crippen molar-refractivity contribution < 1.29 is 9.53 Å². The molecule has 1 aromatic carbocycles. The molecule has 0 saturated heterocycles. The van der Waals surface area contributed by atoms with Crippen LogP contribution in [0.5, 0.6) is 5.75 Å². The molecule has 0 atom stereocenters. The van der Waals surface area contributed by atoms with Crippen LogP contribution in [0.1, 0.15) is 13.8 Å². The Hall–Kier alpha value is -2.53. The van der Waals surface area contributed by atoms with E-state index >= 15 is 0 Å². The minimum Gasteiger partial charge on any atom is -0.497 e. The number of carbonyl (C=O) groups is 1. The van der Waals surface area contributed by atoms with E-state index in [4.69, 9.17) is 10.00 Å².